The van der Waals surface area contributed by atoms with Crippen LogP contribution >= 0.6 is 0 Å². The number of likely N-dealkylation sites (tertiary alicyclic amines) is 1. The van der Waals surface area contributed by atoms with Crippen molar-refractivity contribution in [2.75, 3.05) is 39.8 Å². The van der Waals surface area contributed by atoms with Gasteiger partial charge in [0, 0.05) is 31.3 Å². The van der Waals surface area contributed by atoms with Gasteiger partial charge in [-0.15, -0.1) is 0 Å². The van der Waals surface area contributed by atoms with Crippen LogP contribution in [-0.2, 0) is 4.74 Å². The Kier molecular flexibility index (Phi) is 5.84. The van der Waals surface area contributed by atoms with Gasteiger partial charge in [-0.2, -0.15) is 0 Å². The molecule has 0 amide bonds. The Bertz CT molecular complexity index is 299. The minimum atomic E-state index is 0.154. The number of hydrogen-bond donors (Lipinski definition) is 1. The molecule has 0 spiro atoms. The molecule has 4 nitrogen and oxygen atoms in total. The highest BCUT2D eigenvalue weighted by Crippen LogP contribution is 2.32. The minimum Gasteiger partial charge on any atom is -0.378 e. The smallest absolute Gasteiger partial charge is 0.0590 e. The molecule has 2 aliphatic heterocycles. The van der Waals surface area contributed by atoms with Crippen LogP contribution in [0, 0.1) is 0 Å². The van der Waals surface area contributed by atoms with Crippen LogP contribution in [0.1, 0.15) is 46.0 Å². The van der Waals surface area contributed by atoms with Crippen LogP contribution < -0.4 is 5.73 Å². The van der Waals surface area contributed by atoms with Gasteiger partial charge in [-0.25, -0.2) is 0 Å². The molecule has 2 N–H and O–H groups in total. The molecule has 0 saturated carbocycles. The zero-order chi connectivity index (χ0) is 14.6. The first kappa shape index (κ1) is 16.2. The number of rotatable bonds is 6. The third-order valence-corrected chi connectivity index (χ3v) is 5.56. The summed E-state index contributed by atoms with van der Waals surface area (Å²) in [5.74, 6) is 0. The van der Waals surface area contributed by atoms with Crippen molar-refractivity contribution in [3.8, 4) is 0 Å². The molecule has 20 heavy (non-hydrogen) atoms. The van der Waals surface area contributed by atoms with Gasteiger partial charge in [-0.1, -0.05) is 13.8 Å². The van der Waals surface area contributed by atoms with Crippen molar-refractivity contribution >= 4 is 0 Å². The summed E-state index contributed by atoms with van der Waals surface area (Å²) in [6.45, 7) is 9.71. The third kappa shape index (κ3) is 3.35. The molecule has 0 bridgehead atoms. The van der Waals surface area contributed by atoms with Gasteiger partial charge in [0.25, 0.3) is 0 Å². The molecule has 2 fully saturated rings. The van der Waals surface area contributed by atoms with Gasteiger partial charge in [-0.05, 0) is 52.2 Å². The summed E-state index contributed by atoms with van der Waals surface area (Å²) in [7, 11) is 2.27. The first-order valence-corrected chi connectivity index (χ1v) is 8.42. The zero-order valence-corrected chi connectivity index (χ0v) is 13.6. The fourth-order valence-electron chi connectivity index (χ4n) is 3.98. The molecule has 3 atom stereocenters. The lowest BCUT2D eigenvalue weighted by Crippen LogP contribution is -2.59. The van der Waals surface area contributed by atoms with E-state index < -0.39 is 0 Å². The Morgan fingerprint density at radius 3 is 2.85 bits per heavy atom. The molecule has 0 aromatic heterocycles. The number of ether oxygens (including phenoxy) is 1. The lowest BCUT2D eigenvalue weighted by Gasteiger charge is -2.47. The van der Waals surface area contributed by atoms with Crippen molar-refractivity contribution in [2.24, 2.45) is 5.73 Å². The van der Waals surface area contributed by atoms with Crippen molar-refractivity contribution in [3.05, 3.63) is 0 Å². The molecular weight excluding hydrogens is 250 g/mol. The van der Waals surface area contributed by atoms with E-state index in [-0.39, 0.29) is 5.54 Å². The molecule has 118 valence electrons. The van der Waals surface area contributed by atoms with E-state index >= 15 is 0 Å². The lowest BCUT2D eigenvalue weighted by atomic mass is 9.84. The highest BCUT2D eigenvalue weighted by molar-refractivity contribution is 4.97. The summed E-state index contributed by atoms with van der Waals surface area (Å²) in [6, 6.07) is 0.719. The quantitative estimate of drug-likeness (QED) is 0.805. The summed E-state index contributed by atoms with van der Waals surface area (Å²) in [5, 5.41) is 0. The van der Waals surface area contributed by atoms with Crippen molar-refractivity contribution < 1.29 is 4.74 Å². The van der Waals surface area contributed by atoms with Crippen LogP contribution in [0.25, 0.3) is 0 Å². The van der Waals surface area contributed by atoms with Gasteiger partial charge in [0.05, 0.1) is 6.10 Å². The maximum atomic E-state index is 6.19. The number of nitrogens with two attached hydrogens (primary N) is 1. The van der Waals surface area contributed by atoms with Crippen LogP contribution in [-0.4, -0.2) is 67.3 Å². The maximum absolute atomic E-state index is 6.19. The number of nitrogens with zero attached hydrogens (tertiary/aromatic N) is 2. The van der Waals surface area contributed by atoms with Crippen LogP contribution in [0.15, 0.2) is 0 Å². The lowest BCUT2D eigenvalue weighted by molar-refractivity contribution is -0.0687. The maximum Gasteiger partial charge on any atom is 0.0590 e. The second-order valence-electron chi connectivity index (χ2n) is 6.59. The summed E-state index contributed by atoms with van der Waals surface area (Å²) in [4.78, 5) is 5.17. The van der Waals surface area contributed by atoms with E-state index in [1.54, 1.807) is 0 Å². The van der Waals surface area contributed by atoms with Crippen molar-refractivity contribution in [1.29, 1.82) is 0 Å². The van der Waals surface area contributed by atoms with E-state index in [1.807, 2.05) is 0 Å². The van der Waals surface area contributed by atoms with E-state index in [0.717, 1.165) is 45.0 Å². The average Bonchev–Trinajstić information content (AvgIpc) is 2.94. The predicted octanol–water partition coefficient (Wildman–Crippen LogP) is 1.69. The van der Waals surface area contributed by atoms with Crippen LogP contribution in [0.3, 0.4) is 0 Å². The van der Waals surface area contributed by atoms with Gasteiger partial charge < -0.3 is 10.5 Å². The highest BCUT2D eigenvalue weighted by Gasteiger charge is 2.40. The van der Waals surface area contributed by atoms with Gasteiger partial charge in [0.2, 0.25) is 0 Å². The number of hydrogen-bond acceptors (Lipinski definition) is 4. The average molecular weight is 283 g/mol. The largest absolute Gasteiger partial charge is 0.378 e. The summed E-state index contributed by atoms with van der Waals surface area (Å²) < 4.78 is 5.85. The van der Waals surface area contributed by atoms with Gasteiger partial charge in [-0.3, -0.25) is 9.80 Å². The van der Waals surface area contributed by atoms with Crippen LogP contribution in [0.2, 0.25) is 0 Å². The highest BCUT2D eigenvalue weighted by atomic mass is 16.5. The summed E-state index contributed by atoms with van der Waals surface area (Å²) in [6.07, 6.45) is 6.35. The van der Waals surface area contributed by atoms with E-state index in [0.29, 0.717) is 6.10 Å². The molecule has 4 heteroatoms. The molecule has 3 unspecified atom stereocenters. The molecule has 2 saturated heterocycles. The second kappa shape index (κ2) is 7.21. The standard InChI is InChI=1S/C16H33N3O/c1-4-15-11-16(13-17,8-10-20-15)18(3)12-14-7-6-9-19(14)5-2/h14-15H,4-13,17H2,1-3H3. The molecule has 0 aromatic carbocycles. The number of likely N-dealkylation sites (N-methyl/N-ethyl adjacent to an activating group) is 2. The van der Waals surface area contributed by atoms with Gasteiger partial charge >= 0.3 is 0 Å². The topological polar surface area (TPSA) is 41.7 Å². The fourth-order valence-corrected chi connectivity index (χ4v) is 3.98. The third-order valence-electron chi connectivity index (χ3n) is 5.56. The molecule has 2 rings (SSSR count). The Balaban J connectivity index is 1.99. The normalized spacial score (nSPS) is 35.9. The Morgan fingerprint density at radius 2 is 2.20 bits per heavy atom. The summed E-state index contributed by atoms with van der Waals surface area (Å²) >= 11 is 0. The monoisotopic (exact) mass is 283 g/mol. The molecular formula is C16H33N3O. The van der Waals surface area contributed by atoms with E-state index in [1.165, 1.54) is 25.9 Å². The van der Waals surface area contributed by atoms with Crippen molar-refractivity contribution in [1.82, 2.24) is 9.80 Å². The van der Waals surface area contributed by atoms with E-state index in [9.17, 15) is 0 Å². The van der Waals surface area contributed by atoms with Crippen LogP contribution in [0.5, 0.6) is 0 Å². The fraction of sp³-hybridized carbons (Fsp3) is 1.00. The molecule has 2 aliphatic rings. The van der Waals surface area contributed by atoms with Gasteiger partial charge in [0.15, 0.2) is 0 Å². The Morgan fingerprint density at radius 1 is 1.40 bits per heavy atom. The molecule has 0 aliphatic carbocycles. The second-order valence-corrected chi connectivity index (χ2v) is 6.59. The first-order chi connectivity index (χ1) is 9.65. The van der Waals surface area contributed by atoms with E-state index in [2.05, 4.69) is 30.7 Å². The van der Waals surface area contributed by atoms with E-state index in [4.69, 9.17) is 10.5 Å². The minimum absolute atomic E-state index is 0.154. The predicted molar refractivity (Wildman–Crippen MR) is 83.9 cm³/mol. The van der Waals surface area contributed by atoms with Gasteiger partial charge in [0.1, 0.15) is 0 Å². The van der Waals surface area contributed by atoms with Crippen molar-refractivity contribution in [3.63, 3.8) is 0 Å². The molecule has 0 aromatic rings. The summed E-state index contributed by atoms with van der Waals surface area (Å²) in [5.41, 5.74) is 6.34. The first-order valence-electron chi connectivity index (χ1n) is 8.42. The van der Waals surface area contributed by atoms with Crippen molar-refractivity contribution in [2.45, 2.75) is 63.6 Å². The molecule has 2 heterocycles. The molecule has 0 radical (unpaired) electrons. The Hall–Kier alpha value is -0.160. The SMILES string of the molecule is CCC1CC(CN)(N(C)CC2CCCN2CC)CCO1. The Labute approximate surface area is 124 Å². The zero-order valence-electron chi connectivity index (χ0n) is 13.6. The van der Waals surface area contributed by atoms with Crippen LogP contribution in [0.4, 0.5) is 0 Å².